The van der Waals surface area contributed by atoms with Gasteiger partial charge in [0.05, 0.1) is 32.1 Å². The Hall–Kier alpha value is -3.76. The highest BCUT2D eigenvalue weighted by Crippen LogP contribution is 2.31. The van der Waals surface area contributed by atoms with Crippen molar-refractivity contribution in [1.29, 1.82) is 0 Å². The van der Waals surface area contributed by atoms with E-state index in [1.54, 1.807) is 55.8 Å². The molecule has 0 spiro atoms. The Bertz CT molecular complexity index is 1180. The van der Waals surface area contributed by atoms with Crippen molar-refractivity contribution in [2.24, 2.45) is 0 Å². The number of carbonyl (C=O) groups is 1. The molecule has 34 heavy (non-hydrogen) atoms. The van der Waals surface area contributed by atoms with Gasteiger partial charge in [-0.15, -0.1) is 0 Å². The van der Waals surface area contributed by atoms with Gasteiger partial charge in [-0.3, -0.25) is 5.32 Å². The van der Waals surface area contributed by atoms with E-state index in [9.17, 15) is 9.18 Å². The molecule has 3 aromatic rings. The summed E-state index contributed by atoms with van der Waals surface area (Å²) in [7, 11) is 1.55. The number of nitrogens with one attached hydrogen (secondary N) is 2. The molecule has 2 N–H and O–H groups in total. The van der Waals surface area contributed by atoms with Crippen molar-refractivity contribution >= 4 is 17.7 Å². The highest BCUT2D eigenvalue weighted by molar-refractivity contribution is 5.85. The van der Waals surface area contributed by atoms with E-state index >= 15 is 0 Å². The average molecular weight is 466 g/mol. The maximum absolute atomic E-state index is 13.6. The standard InChI is InChI=1S/C24H23FN4O5/c1-31-17-7-3-6-16(11-17)27-24(30)34-20-13-33-21-19(12-32-22(20)21)29-23-26-9-8-18(28-23)14-4-2-5-15(25)10-14/h2-11,19-22H,12-13H2,1H3,(H,27,30)(H,26,28,29)/t19-,20-,21-,22+/m0/s1. The molecule has 3 heterocycles. The Kier molecular flexibility index (Phi) is 6.24. The highest BCUT2D eigenvalue weighted by Gasteiger charge is 2.49. The van der Waals surface area contributed by atoms with Crippen LogP contribution in [0, 0.1) is 5.82 Å². The minimum Gasteiger partial charge on any atom is -0.497 e. The monoisotopic (exact) mass is 466 g/mol. The van der Waals surface area contributed by atoms with E-state index < -0.39 is 18.3 Å². The number of benzene rings is 2. The first-order valence-electron chi connectivity index (χ1n) is 10.8. The van der Waals surface area contributed by atoms with Crippen molar-refractivity contribution in [2.45, 2.75) is 24.4 Å². The van der Waals surface area contributed by atoms with Crippen molar-refractivity contribution < 1.29 is 28.1 Å². The lowest BCUT2D eigenvalue weighted by Gasteiger charge is -2.18. The van der Waals surface area contributed by atoms with Crippen LogP contribution in [0.1, 0.15) is 0 Å². The predicted molar refractivity (Wildman–Crippen MR) is 121 cm³/mol. The van der Waals surface area contributed by atoms with Crippen molar-refractivity contribution in [3.63, 3.8) is 0 Å². The molecule has 0 unspecified atom stereocenters. The second kappa shape index (κ2) is 9.62. The lowest BCUT2D eigenvalue weighted by atomic mass is 10.1. The first-order valence-corrected chi connectivity index (χ1v) is 10.8. The number of rotatable bonds is 6. The minimum absolute atomic E-state index is 0.212. The first kappa shape index (κ1) is 22.1. The number of aromatic nitrogens is 2. The smallest absolute Gasteiger partial charge is 0.412 e. The van der Waals surface area contributed by atoms with E-state index in [1.807, 2.05) is 0 Å². The topological polar surface area (TPSA) is 104 Å². The van der Waals surface area contributed by atoms with E-state index in [0.29, 0.717) is 35.2 Å². The number of halogens is 1. The summed E-state index contributed by atoms with van der Waals surface area (Å²) in [6.07, 6.45) is -0.306. The van der Waals surface area contributed by atoms with Crippen LogP contribution in [0.4, 0.5) is 20.8 Å². The minimum atomic E-state index is -0.603. The number of methoxy groups -OCH3 is 1. The van der Waals surface area contributed by atoms with Crippen LogP contribution in [0.15, 0.2) is 60.8 Å². The molecule has 1 amide bonds. The SMILES string of the molecule is COc1cccc(NC(=O)O[C@H]2CO[C@@H]3[C@@H]2OC[C@@H]3Nc2nccc(-c3cccc(F)c3)n2)c1. The molecular weight excluding hydrogens is 443 g/mol. The van der Waals surface area contributed by atoms with Gasteiger partial charge in [-0.05, 0) is 30.3 Å². The molecule has 176 valence electrons. The third-order valence-electron chi connectivity index (χ3n) is 5.67. The van der Waals surface area contributed by atoms with Crippen LogP contribution >= 0.6 is 0 Å². The number of carbonyl (C=O) groups excluding carboxylic acids is 1. The summed E-state index contributed by atoms with van der Waals surface area (Å²) in [5.41, 5.74) is 1.80. The van der Waals surface area contributed by atoms with Crippen LogP contribution in [-0.4, -0.2) is 60.7 Å². The Morgan fingerprint density at radius 3 is 2.79 bits per heavy atom. The molecule has 0 radical (unpaired) electrons. The summed E-state index contributed by atoms with van der Waals surface area (Å²) in [4.78, 5) is 21.1. The predicted octanol–water partition coefficient (Wildman–Crippen LogP) is 3.49. The Labute approximate surface area is 195 Å². The summed E-state index contributed by atoms with van der Waals surface area (Å²) < 4.78 is 36.0. The number of nitrogens with zero attached hydrogens (tertiary/aromatic N) is 2. The fourth-order valence-corrected chi connectivity index (χ4v) is 4.08. The summed E-state index contributed by atoms with van der Waals surface area (Å²) >= 11 is 0. The zero-order chi connectivity index (χ0) is 23.5. The molecule has 0 aliphatic carbocycles. The average Bonchev–Trinajstić information content (AvgIpc) is 3.42. The highest BCUT2D eigenvalue weighted by atomic mass is 19.1. The number of hydrogen-bond acceptors (Lipinski definition) is 8. The van der Waals surface area contributed by atoms with Gasteiger partial charge in [-0.25, -0.2) is 19.2 Å². The number of anilines is 2. The molecule has 9 nitrogen and oxygen atoms in total. The van der Waals surface area contributed by atoms with Crippen molar-refractivity contribution in [3.05, 3.63) is 66.6 Å². The van der Waals surface area contributed by atoms with Crippen molar-refractivity contribution in [1.82, 2.24) is 9.97 Å². The molecule has 10 heteroatoms. The molecule has 4 atom stereocenters. The van der Waals surface area contributed by atoms with Gasteiger partial charge >= 0.3 is 6.09 Å². The fraction of sp³-hybridized carbons (Fsp3) is 0.292. The first-order chi connectivity index (χ1) is 16.6. The van der Waals surface area contributed by atoms with Gasteiger partial charge in [0.2, 0.25) is 5.95 Å². The molecular formula is C24H23FN4O5. The summed E-state index contributed by atoms with van der Waals surface area (Å²) in [6.45, 7) is 0.545. The van der Waals surface area contributed by atoms with Crippen LogP contribution in [0.2, 0.25) is 0 Å². The second-order valence-electron chi connectivity index (χ2n) is 7.92. The molecule has 1 aromatic heterocycles. The van der Waals surface area contributed by atoms with Crippen molar-refractivity contribution in [3.8, 4) is 17.0 Å². The number of fused-ring (bicyclic) bond motifs is 1. The molecule has 2 aliphatic heterocycles. The van der Waals surface area contributed by atoms with Gasteiger partial charge in [0.15, 0.2) is 6.10 Å². The molecule has 2 aliphatic rings. The van der Waals surface area contributed by atoms with Gasteiger partial charge in [-0.2, -0.15) is 0 Å². The van der Waals surface area contributed by atoms with Crippen molar-refractivity contribution in [2.75, 3.05) is 31.0 Å². The van der Waals surface area contributed by atoms with E-state index in [-0.39, 0.29) is 24.6 Å². The summed E-state index contributed by atoms with van der Waals surface area (Å²) in [6, 6.07) is 14.7. The van der Waals surface area contributed by atoms with Crippen LogP contribution in [0.5, 0.6) is 5.75 Å². The van der Waals surface area contributed by atoms with E-state index in [4.69, 9.17) is 18.9 Å². The molecule has 0 bridgehead atoms. The fourth-order valence-electron chi connectivity index (χ4n) is 4.08. The maximum atomic E-state index is 13.6. The van der Waals surface area contributed by atoms with Gasteiger partial charge in [-0.1, -0.05) is 18.2 Å². The Morgan fingerprint density at radius 2 is 1.94 bits per heavy atom. The van der Waals surface area contributed by atoms with Crippen LogP contribution < -0.4 is 15.4 Å². The Balaban J connectivity index is 1.19. The zero-order valence-electron chi connectivity index (χ0n) is 18.3. The van der Waals surface area contributed by atoms with Gasteiger partial charge in [0.1, 0.15) is 23.8 Å². The van der Waals surface area contributed by atoms with Gasteiger partial charge in [0.25, 0.3) is 0 Å². The third kappa shape index (κ3) is 4.78. The Morgan fingerprint density at radius 1 is 1.09 bits per heavy atom. The van der Waals surface area contributed by atoms with Gasteiger partial charge < -0.3 is 24.3 Å². The number of amides is 1. The number of hydrogen-bond donors (Lipinski definition) is 2. The zero-order valence-corrected chi connectivity index (χ0v) is 18.3. The summed E-state index contributed by atoms with van der Waals surface area (Å²) in [5, 5.41) is 5.91. The van der Waals surface area contributed by atoms with E-state index in [0.717, 1.165) is 0 Å². The molecule has 2 aromatic carbocycles. The molecule has 2 fully saturated rings. The lowest BCUT2D eigenvalue weighted by molar-refractivity contribution is 0.00917. The largest absolute Gasteiger partial charge is 0.497 e. The van der Waals surface area contributed by atoms with Gasteiger partial charge in [0, 0.05) is 23.5 Å². The van der Waals surface area contributed by atoms with Crippen LogP contribution in [0.3, 0.4) is 0 Å². The second-order valence-corrected chi connectivity index (χ2v) is 7.92. The van der Waals surface area contributed by atoms with Crippen LogP contribution in [-0.2, 0) is 14.2 Å². The normalized spacial score (nSPS) is 23.2. The van der Waals surface area contributed by atoms with Crippen LogP contribution in [0.25, 0.3) is 11.3 Å². The molecule has 5 rings (SSSR count). The van der Waals surface area contributed by atoms with E-state index in [1.165, 1.54) is 12.1 Å². The maximum Gasteiger partial charge on any atom is 0.412 e. The molecule has 0 saturated carbocycles. The third-order valence-corrected chi connectivity index (χ3v) is 5.67. The molecule has 2 saturated heterocycles. The lowest BCUT2D eigenvalue weighted by Crippen LogP contribution is -2.38. The van der Waals surface area contributed by atoms with E-state index in [2.05, 4.69) is 20.6 Å². The summed E-state index contributed by atoms with van der Waals surface area (Å²) in [5.74, 6) is 0.664. The number of ether oxygens (including phenoxy) is 4. The quantitative estimate of drug-likeness (QED) is 0.569.